The first-order chi connectivity index (χ1) is 10.8. The van der Waals surface area contributed by atoms with E-state index >= 15 is 0 Å². The van der Waals surface area contributed by atoms with E-state index in [0.717, 1.165) is 6.42 Å². The topological polar surface area (TPSA) is 0 Å². The molecule has 0 saturated heterocycles. The molecule has 1 aliphatic carbocycles. The van der Waals surface area contributed by atoms with Gasteiger partial charge in [0.05, 0.1) is 0 Å². The predicted octanol–water partition coefficient (Wildman–Crippen LogP) is 4.91. The van der Waals surface area contributed by atoms with Crippen LogP contribution in [0.3, 0.4) is 0 Å². The molecule has 0 atom stereocenters. The molecule has 0 unspecified atom stereocenters. The molecule has 0 spiro atoms. The summed E-state index contributed by atoms with van der Waals surface area (Å²) in [7, 11) is 0. The van der Waals surface area contributed by atoms with E-state index in [4.69, 9.17) is 0 Å². The van der Waals surface area contributed by atoms with Crippen LogP contribution >= 0.6 is 0 Å². The molecule has 0 radical (unpaired) electrons. The van der Waals surface area contributed by atoms with Crippen LogP contribution in [-0.2, 0) is 0 Å². The monoisotopic (exact) mass is 464 g/mol. The molecule has 2 aromatic heterocycles. The maximum atomic E-state index is 2.46. The Bertz CT molecular complexity index is 1030. The van der Waals surface area contributed by atoms with E-state index in [1.54, 1.807) is 15.7 Å². The van der Waals surface area contributed by atoms with Crippen LogP contribution in [-0.4, -0.2) is 34.9 Å². The average molecular weight is 461 g/mol. The Morgan fingerprint density at radius 1 is 0.909 bits per heavy atom. The van der Waals surface area contributed by atoms with Crippen LogP contribution in [0.2, 0.25) is 0 Å². The van der Waals surface area contributed by atoms with Gasteiger partial charge in [-0.25, -0.2) is 0 Å². The summed E-state index contributed by atoms with van der Waals surface area (Å²) in [6, 6.07) is 14.6. The van der Waals surface area contributed by atoms with E-state index < -0.39 is 0 Å². The van der Waals surface area contributed by atoms with Gasteiger partial charge in [0.25, 0.3) is 0 Å². The zero-order valence-corrected chi connectivity index (χ0v) is 16.3. The summed E-state index contributed by atoms with van der Waals surface area (Å²) < 4.78 is 6.36. The standard InChI is InChI=1S/C20H14SeTe/c1-12-6-17-8-14-7-16-10-18(13-4-2-3-5-13)21-19(16)9-15(14)11-20(17)22-12/h2-4,6-11H,5H2,1H3. The SMILES string of the molecule is Cc1cc2cc3cc4cc(C5=CC=CC5)[se]c4cc3cc2[te]1. The van der Waals surface area contributed by atoms with Crippen molar-refractivity contribution < 1.29 is 0 Å². The van der Waals surface area contributed by atoms with Crippen LogP contribution in [0.1, 0.15) is 14.4 Å². The molecule has 0 bridgehead atoms. The Labute approximate surface area is 145 Å². The third kappa shape index (κ3) is 2.10. The summed E-state index contributed by atoms with van der Waals surface area (Å²) in [6.07, 6.45) is 7.85. The molecular formula is C20H14SeTe. The molecule has 22 heavy (non-hydrogen) atoms. The van der Waals surface area contributed by atoms with E-state index in [-0.39, 0.29) is 20.4 Å². The molecule has 4 aromatic rings. The van der Waals surface area contributed by atoms with Gasteiger partial charge in [0.1, 0.15) is 0 Å². The van der Waals surface area contributed by atoms with Gasteiger partial charge in [-0.15, -0.1) is 0 Å². The summed E-state index contributed by atoms with van der Waals surface area (Å²) in [5, 5.41) is 5.77. The van der Waals surface area contributed by atoms with Crippen molar-refractivity contribution in [1.82, 2.24) is 0 Å². The van der Waals surface area contributed by atoms with Crippen LogP contribution < -0.4 is 0 Å². The molecule has 2 heterocycles. The third-order valence-corrected chi connectivity index (χ3v) is 9.68. The average Bonchev–Trinajstić information content (AvgIpc) is 3.20. The number of hydrogen-bond acceptors (Lipinski definition) is 0. The van der Waals surface area contributed by atoms with Gasteiger partial charge in [-0.2, -0.15) is 0 Å². The van der Waals surface area contributed by atoms with E-state index in [0.29, 0.717) is 14.5 Å². The van der Waals surface area contributed by atoms with Gasteiger partial charge in [0, 0.05) is 0 Å². The quantitative estimate of drug-likeness (QED) is 0.354. The Kier molecular flexibility index (Phi) is 3.04. The molecule has 2 heteroatoms. The molecule has 0 N–H and O–H groups in total. The normalized spacial score (nSPS) is 14.5. The zero-order chi connectivity index (χ0) is 14.7. The molecule has 1 aliphatic rings. The van der Waals surface area contributed by atoms with E-state index in [1.165, 1.54) is 27.1 Å². The number of aryl methyl sites for hydroxylation is 1. The number of rotatable bonds is 1. The second-order valence-corrected chi connectivity index (χ2v) is 11.9. The maximum absolute atomic E-state index is 2.46. The summed E-state index contributed by atoms with van der Waals surface area (Å²) >= 11 is 0.389. The Hall–Kier alpha value is -1.03. The first-order valence-electron chi connectivity index (χ1n) is 7.50. The summed E-state index contributed by atoms with van der Waals surface area (Å²) in [4.78, 5) is 0. The number of allylic oxidation sites excluding steroid dienone is 4. The Morgan fingerprint density at radius 3 is 2.64 bits per heavy atom. The van der Waals surface area contributed by atoms with Crippen LogP contribution in [0.4, 0.5) is 0 Å². The molecule has 0 saturated carbocycles. The van der Waals surface area contributed by atoms with Crippen molar-refractivity contribution >= 4 is 69.7 Å². The molecule has 0 fully saturated rings. The minimum absolute atomic E-state index is 0.0889. The molecule has 0 nitrogen and oxygen atoms in total. The van der Waals surface area contributed by atoms with Gasteiger partial charge in [-0.05, 0) is 0 Å². The van der Waals surface area contributed by atoms with Gasteiger partial charge in [0.2, 0.25) is 0 Å². The molecule has 0 amide bonds. The Morgan fingerprint density at radius 2 is 1.77 bits per heavy atom. The third-order valence-electron chi connectivity index (χ3n) is 4.32. The molecule has 5 rings (SSSR count). The summed E-state index contributed by atoms with van der Waals surface area (Å²) in [5.41, 5.74) is 1.52. The summed E-state index contributed by atoms with van der Waals surface area (Å²) in [6.45, 7) is 2.29. The van der Waals surface area contributed by atoms with Crippen molar-refractivity contribution in [2.24, 2.45) is 0 Å². The second-order valence-electron chi connectivity index (χ2n) is 5.92. The predicted molar refractivity (Wildman–Crippen MR) is 99.3 cm³/mol. The molecule has 106 valence electrons. The molecule has 0 aliphatic heterocycles. The molecule has 2 aromatic carbocycles. The molecular weight excluding hydrogens is 447 g/mol. The van der Waals surface area contributed by atoms with Crippen LogP contribution in [0, 0.1) is 6.92 Å². The van der Waals surface area contributed by atoms with Gasteiger partial charge in [0.15, 0.2) is 0 Å². The zero-order valence-electron chi connectivity index (χ0n) is 12.2. The van der Waals surface area contributed by atoms with E-state index in [1.807, 2.05) is 0 Å². The van der Waals surface area contributed by atoms with Crippen LogP contribution in [0.25, 0.3) is 34.8 Å². The second kappa shape index (κ2) is 4.98. The Balaban J connectivity index is 1.77. The van der Waals surface area contributed by atoms with Crippen LogP contribution in [0.15, 0.2) is 54.6 Å². The van der Waals surface area contributed by atoms with E-state index in [9.17, 15) is 0 Å². The summed E-state index contributed by atoms with van der Waals surface area (Å²) in [5.74, 6) is 0. The van der Waals surface area contributed by atoms with Crippen molar-refractivity contribution in [3.63, 3.8) is 0 Å². The van der Waals surface area contributed by atoms with Gasteiger partial charge in [-0.3, -0.25) is 0 Å². The first-order valence-corrected chi connectivity index (χ1v) is 11.5. The number of hydrogen-bond donors (Lipinski definition) is 0. The minimum atomic E-state index is -0.0889. The van der Waals surface area contributed by atoms with Gasteiger partial charge >= 0.3 is 146 Å². The van der Waals surface area contributed by atoms with Crippen molar-refractivity contribution in [3.05, 3.63) is 62.6 Å². The van der Waals surface area contributed by atoms with E-state index in [2.05, 4.69) is 61.5 Å². The van der Waals surface area contributed by atoms with Crippen molar-refractivity contribution in [1.29, 1.82) is 0 Å². The van der Waals surface area contributed by atoms with Gasteiger partial charge < -0.3 is 0 Å². The van der Waals surface area contributed by atoms with Crippen molar-refractivity contribution in [2.75, 3.05) is 0 Å². The van der Waals surface area contributed by atoms with Crippen molar-refractivity contribution in [2.45, 2.75) is 13.3 Å². The number of fused-ring (bicyclic) bond motifs is 3. The van der Waals surface area contributed by atoms with Gasteiger partial charge in [-0.1, -0.05) is 0 Å². The fraction of sp³-hybridized carbons (Fsp3) is 0.100. The van der Waals surface area contributed by atoms with Crippen molar-refractivity contribution in [3.8, 4) is 0 Å². The number of benzene rings is 2. The first kappa shape index (κ1) is 13.4. The van der Waals surface area contributed by atoms with Crippen LogP contribution in [0.5, 0.6) is 0 Å². The fourth-order valence-electron chi connectivity index (χ4n) is 3.24. The fourth-order valence-corrected chi connectivity index (χ4v) is 8.33.